The molecular weight excluding hydrogens is 473 g/mol. The number of aromatic nitrogens is 5. The first-order chi connectivity index (χ1) is 16.8. The van der Waals surface area contributed by atoms with Crippen LogP contribution >= 0.6 is 0 Å². The Balaban J connectivity index is 1.44. The lowest BCUT2D eigenvalue weighted by Gasteiger charge is -2.34. The van der Waals surface area contributed by atoms with Crippen molar-refractivity contribution >= 4 is 26.9 Å². The van der Waals surface area contributed by atoms with E-state index in [0.29, 0.717) is 54.0 Å². The van der Waals surface area contributed by atoms with E-state index < -0.39 is 21.4 Å². The van der Waals surface area contributed by atoms with Gasteiger partial charge in [0.1, 0.15) is 28.5 Å². The minimum absolute atomic E-state index is 0.0932. The van der Waals surface area contributed by atoms with Crippen LogP contribution in [0.4, 0.5) is 10.2 Å². The molecule has 0 amide bonds. The van der Waals surface area contributed by atoms with Crippen LogP contribution in [0.2, 0.25) is 0 Å². The first-order valence-electron chi connectivity index (χ1n) is 11.2. The number of nitrogens with zero attached hydrogens (tertiary/aromatic N) is 6. The maximum atomic E-state index is 14.5. The molecule has 1 aromatic carbocycles. The highest BCUT2D eigenvalue weighted by atomic mass is 32.2. The van der Waals surface area contributed by atoms with Gasteiger partial charge in [0.05, 0.1) is 11.3 Å². The van der Waals surface area contributed by atoms with Crippen molar-refractivity contribution < 1.29 is 12.8 Å². The second-order valence-corrected chi connectivity index (χ2v) is 10.6. The molecule has 4 aromatic rings. The molecule has 3 aromatic heterocycles. The number of nitrogens with one attached hydrogen (secondary N) is 1. The molecule has 0 bridgehead atoms. The fourth-order valence-corrected chi connectivity index (χ4v) is 5.31. The van der Waals surface area contributed by atoms with Gasteiger partial charge < -0.3 is 4.90 Å². The number of sulfonamides is 1. The monoisotopic (exact) mass is 497 g/mol. The summed E-state index contributed by atoms with van der Waals surface area (Å²) in [6.07, 6.45) is 1.66. The van der Waals surface area contributed by atoms with Crippen LogP contribution in [0.3, 0.4) is 0 Å². The van der Waals surface area contributed by atoms with E-state index in [1.807, 2.05) is 17.0 Å². The van der Waals surface area contributed by atoms with Crippen LogP contribution in [0.5, 0.6) is 0 Å². The number of aryl methyl sites for hydroxylation is 1. The number of fused-ring (bicyclic) bond motifs is 1. The fourth-order valence-electron chi connectivity index (χ4n) is 4.23. The van der Waals surface area contributed by atoms with E-state index in [1.165, 1.54) is 16.4 Å². The number of benzene rings is 1. The van der Waals surface area contributed by atoms with Gasteiger partial charge in [-0.05, 0) is 37.6 Å². The zero-order valence-corrected chi connectivity index (χ0v) is 20.1. The average molecular weight is 498 g/mol. The predicted molar refractivity (Wildman–Crippen MR) is 131 cm³/mol. The molecule has 4 heterocycles. The van der Waals surface area contributed by atoms with Crippen LogP contribution < -0.4 is 10.5 Å². The van der Waals surface area contributed by atoms with Crippen LogP contribution in [0.15, 0.2) is 47.4 Å². The third kappa shape index (κ3) is 4.19. The second-order valence-electron chi connectivity index (χ2n) is 8.33. The molecule has 1 saturated heterocycles. The minimum atomic E-state index is -3.20. The Labute approximate surface area is 201 Å². The summed E-state index contributed by atoms with van der Waals surface area (Å²) in [7, 11) is -3.20. The molecule has 0 spiro atoms. The van der Waals surface area contributed by atoms with Gasteiger partial charge in [-0.25, -0.2) is 17.8 Å². The Hall–Kier alpha value is -3.64. The number of para-hydroxylation sites is 1. The quantitative estimate of drug-likeness (QED) is 0.449. The highest BCUT2D eigenvalue weighted by Crippen LogP contribution is 2.26. The van der Waals surface area contributed by atoms with Crippen molar-refractivity contribution in [1.82, 2.24) is 29.3 Å². The van der Waals surface area contributed by atoms with Gasteiger partial charge in [0.25, 0.3) is 5.56 Å². The number of hydrogen-bond acceptors (Lipinski definition) is 7. The molecule has 0 saturated carbocycles. The highest BCUT2D eigenvalue weighted by molar-refractivity contribution is 7.89. The Bertz CT molecular complexity index is 1540. The van der Waals surface area contributed by atoms with Crippen LogP contribution in [0.25, 0.3) is 28.0 Å². The summed E-state index contributed by atoms with van der Waals surface area (Å²) in [6.45, 7) is 5.29. The van der Waals surface area contributed by atoms with Crippen LogP contribution in [-0.4, -0.2) is 69.6 Å². The number of hydrogen-bond donors (Lipinski definition) is 1. The van der Waals surface area contributed by atoms with Gasteiger partial charge in [0.15, 0.2) is 0 Å². The Morgan fingerprint density at radius 1 is 1.11 bits per heavy atom. The molecule has 182 valence electrons. The van der Waals surface area contributed by atoms with Gasteiger partial charge in [-0.15, -0.1) is 0 Å². The van der Waals surface area contributed by atoms with E-state index in [-0.39, 0.29) is 11.4 Å². The summed E-state index contributed by atoms with van der Waals surface area (Å²) < 4.78 is 41.3. The third-order valence-corrected chi connectivity index (χ3v) is 8.07. The molecule has 12 heteroatoms. The molecule has 10 nitrogen and oxygen atoms in total. The molecule has 5 rings (SSSR count). The van der Waals surface area contributed by atoms with E-state index in [0.717, 1.165) is 10.5 Å². The van der Waals surface area contributed by atoms with Crippen molar-refractivity contribution in [2.24, 2.45) is 0 Å². The third-order valence-electron chi connectivity index (χ3n) is 6.19. The number of rotatable bonds is 5. The standard InChI is InChI=1S/C23H24FN7O3S/c1-3-35(33,34)30-11-9-29(10-12-30)19-8-7-16(14-25-19)21-22-18(26-27-21)13-20(32)31(28-22)23-15(2)5-4-6-17(23)24/h4-8,13-14,26H,3,9-12H2,1-2H3. The maximum absolute atomic E-state index is 14.5. The zero-order valence-electron chi connectivity index (χ0n) is 19.3. The lowest BCUT2D eigenvalue weighted by atomic mass is 10.1. The van der Waals surface area contributed by atoms with Crippen LogP contribution in [-0.2, 0) is 10.0 Å². The van der Waals surface area contributed by atoms with Crippen molar-refractivity contribution in [2.75, 3.05) is 36.8 Å². The molecule has 1 aliphatic rings. The lowest BCUT2D eigenvalue weighted by Crippen LogP contribution is -2.49. The normalized spacial score (nSPS) is 15.1. The van der Waals surface area contributed by atoms with Gasteiger partial charge >= 0.3 is 0 Å². The highest BCUT2D eigenvalue weighted by Gasteiger charge is 2.26. The zero-order chi connectivity index (χ0) is 24.7. The number of halogens is 1. The summed E-state index contributed by atoms with van der Waals surface area (Å²) in [5.74, 6) is 0.284. The number of anilines is 1. The van der Waals surface area contributed by atoms with Gasteiger partial charge in [-0.3, -0.25) is 9.89 Å². The van der Waals surface area contributed by atoms with Gasteiger partial charge in [-0.1, -0.05) is 12.1 Å². The van der Waals surface area contributed by atoms with Gasteiger partial charge in [0, 0.05) is 44.0 Å². The smallest absolute Gasteiger partial charge is 0.273 e. The first kappa shape index (κ1) is 23.1. The van der Waals surface area contributed by atoms with Crippen molar-refractivity contribution in [2.45, 2.75) is 13.8 Å². The summed E-state index contributed by atoms with van der Waals surface area (Å²) in [5, 5.41) is 11.6. The maximum Gasteiger partial charge on any atom is 0.273 e. The number of pyridine rings is 1. The fraction of sp³-hybridized carbons (Fsp3) is 0.304. The van der Waals surface area contributed by atoms with Gasteiger partial charge in [0.2, 0.25) is 10.0 Å². The van der Waals surface area contributed by atoms with E-state index >= 15 is 0 Å². The molecule has 0 aliphatic carbocycles. The molecule has 0 radical (unpaired) electrons. The molecule has 35 heavy (non-hydrogen) atoms. The summed E-state index contributed by atoms with van der Waals surface area (Å²) >= 11 is 0. The Morgan fingerprint density at radius 3 is 2.54 bits per heavy atom. The largest absolute Gasteiger partial charge is 0.354 e. The van der Waals surface area contributed by atoms with Crippen molar-refractivity contribution in [3.05, 3.63) is 64.3 Å². The number of piperazine rings is 1. The van der Waals surface area contributed by atoms with E-state index in [4.69, 9.17) is 0 Å². The van der Waals surface area contributed by atoms with Crippen molar-refractivity contribution in [3.63, 3.8) is 0 Å². The van der Waals surface area contributed by atoms with Gasteiger partial charge in [-0.2, -0.15) is 19.2 Å². The molecule has 1 fully saturated rings. The molecular formula is C23H24FN7O3S. The van der Waals surface area contributed by atoms with E-state index in [1.54, 1.807) is 32.2 Å². The molecule has 1 aliphatic heterocycles. The van der Waals surface area contributed by atoms with Crippen LogP contribution in [0.1, 0.15) is 12.5 Å². The second kappa shape index (κ2) is 8.86. The first-order valence-corrected chi connectivity index (χ1v) is 12.8. The van der Waals surface area contributed by atoms with Crippen molar-refractivity contribution in [3.8, 4) is 16.9 Å². The summed E-state index contributed by atoms with van der Waals surface area (Å²) in [6, 6.07) is 9.62. The Kier molecular flexibility index (Phi) is 5.85. The summed E-state index contributed by atoms with van der Waals surface area (Å²) in [4.78, 5) is 19.2. The number of aromatic amines is 1. The van der Waals surface area contributed by atoms with Crippen molar-refractivity contribution in [1.29, 1.82) is 0 Å². The number of H-pyrrole nitrogens is 1. The Morgan fingerprint density at radius 2 is 1.89 bits per heavy atom. The predicted octanol–water partition coefficient (Wildman–Crippen LogP) is 2.09. The minimum Gasteiger partial charge on any atom is -0.354 e. The molecule has 0 unspecified atom stereocenters. The molecule has 1 N–H and O–H groups in total. The lowest BCUT2D eigenvalue weighted by molar-refractivity contribution is 0.384. The average Bonchev–Trinajstić information content (AvgIpc) is 3.26. The molecule has 0 atom stereocenters. The van der Waals surface area contributed by atoms with Crippen LogP contribution in [0, 0.1) is 12.7 Å². The van der Waals surface area contributed by atoms with E-state index in [2.05, 4.69) is 20.3 Å². The SMILES string of the molecule is CCS(=O)(=O)N1CCN(c2ccc(-c3n[nH]c4cc(=O)n(-c5c(C)cccc5F)nc34)cn2)CC1. The summed E-state index contributed by atoms with van der Waals surface area (Å²) in [5.41, 5.74) is 2.23. The van der Waals surface area contributed by atoms with E-state index in [9.17, 15) is 17.6 Å². The topological polar surface area (TPSA) is 117 Å².